The van der Waals surface area contributed by atoms with E-state index in [4.69, 9.17) is 10.5 Å². The van der Waals surface area contributed by atoms with Crippen LogP contribution < -0.4 is 10.5 Å². The van der Waals surface area contributed by atoms with Gasteiger partial charge in [0, 0.05) is 23.4 Å². The fraction of sp³-hybridized carbons (Fsp3) is 0.154. The zero-order valence-corrected chi connectivity index (χ0v) is 18.9. The SMILES string of the molecule is CS(=O)(=O)c1cccc(-c2ccc3ccc4c(c3c2)C[C@H](N)[C@@H](c2cc(F)c(F)cc2F)O4)c1. The minimum atomic E-state index is -3.36. The summed E-state index contributed by atoms with van der Waals surface area (Å²) >= 11 is 0. The Labute approximate surface area is 194 Å². The van der Waals surface area contributed by atoms with Gasteiger partial charge >= 0.3 is 0 Å². The molecular formula is C26H20F3NO3S. The molecule has 0 aromatic heterocycles. The molecule has 4 aromatic carbocycles. The van der Waals surface area contributed by atoms with E-state index in [9.17, 15) is 21.6 Å². The molecule has 2 N–H and O–H groups in total. The summed E-state index contributed by atoms with van der Waals surface area (Å²) < 4.78 is 71.5. The molecule has 0 fully saturated rings. The quantitative estimate of drug-likeness (QED) is 0.400. The smallest absolute Gasteiger partial charge is 0.175 e. The summed E-state index contributed by atoms with van der Waals surface area (Å²) in [5, 5.41) is 1.79. The van der Waals surface area contributed by atoms with Gasteiger partial charge in [-0.3, -0.25) is 0 Å². The van der Waals surface area contributed by atoms with Crippen LogP contribution in [0.5, 0.6) is 5.75 Å². The van der Waals surface area contributed by atoms with Crippen molar-refractivity contribution in [2.24, 2.45) is 5.73 Å². The summed E-state index contributed by atoms with van der Waals surface area (Å²) in [6.45, 7) is 0. The van der Waals surface area contributed by atoms with Gasteiger partial charge < -0.3 is 10.5 Å². The molecule has 1 aliphatic rings. The van der Waals surface area contributed by atoms with E-state index in [1.54, 1.807) is 24.3 Å². The van der Waals surface area contributed by atoms with Crippen molar-refractivity contribution in [1.82, 2.24) is 0 Å². The Morgan fingerprint density at radius 3 is 2.35 bits per heavy atom. The largest absolute Gasteiger partial charge is 0.484 e. The van der Waals surface area contributed by atoms with Crippen LogP contribution in [-0.2, 0) is 16.3 Å². The van der Waals surface area contributed by atoms with Crippen molar-refractivity contribution in [3.8, 4) is 16.9 Å². The van der Waals surface area contributed by atoms with Crippen LogP contribution in [0.2, 0.25) is 0 Å². The number of benzene rings is 4. The maximum Gasteiger partial charge on any atom is 0.175 e. The molecule has 4 aromatic rings. The second kappa shape index (κ2) is 8.14. The summed E-state index contributed by atoms with van der Waals surface area (Å²) in [6, 6.07) is 16.6. The Morgan fingerprint density at radius 1 is 0.882 bits per heavy atom. The Balaban J connectivity index is 1.58. The number of fused-ring (bicyclic) bond motifs is 3. The summed E-state index contributed by atoms with van der Waals surface area (Å²) in [7, 11) is -3.36. The minimum absolute atomic E-state index is 0.136. The van der Waals surface area contributed by atoms with E-state index in [-0.39, 0.29) is 10.5 Å². The molecule has 5 rings (SSSR count). The fourth-order valence-corrected chi connectivity index (χ4v) is 5.05. The van der Waals surface area contributed by atoms with Crippen LogP contribution >= 0.6 is 0 Å². The van der Waals surface area contributed by atoms with Gasteiger partial charge in [-0.15, -0.1) is 0 Å². The summed E-state index contributed by atoms with van der Waals surface area (Å²) in [5.41, 5.74) is 8.55. The van der Waals surface area contributed by atoms with Gasteiger partial charge in [-0.2, -0.15) is 0 Å². The highest BCUT2D eigenvalue weighted by Crippen LogP contribution is 2.40. The first kappa shape index (κ1) is 22.4. The average molecular weight is 484 g/mol. The maximum atomic E-state index is 14.4. The van der Waals surface area contributed by atoms with E-state index in [2.05, 4.69) is 0 Å². The van der Waals surface area contributed by atoms with Crippen molar-refractivity contribution >= 4 is 20.6 Å². The third kappa shape index (κ3) is 3.93. The Hall–Kier alpha value is -3.36. The molecule has 0 saturated heterocycles. The third-order valence-corrected chi connectivity index (χ3v) is 7.22. The van der Waals surface area contributed by atoms with Crippen molar-refractivity contribution in [2.75, 3.05) is 6.26 Å². The van der Waals surface area contributed by atoms with Crippen LogP contribution in [0.3, 0.4) is 0 Å². The molecule has 8 heteroatoms. The van der Waals surface area contributed by atoms with Gasteiger partial charge in [-0.25, -0.2) is 21.6 Å². The van der Waals surface area contributed by atoms with Gasteiger partial charge in [0.15, 0.2) is 21.5 Å². The first-order valence-corrected chi connectivity index (χ1v) is 12.4. The Morgan fingerprint density at radius 2 is 1.59 bits per heavy atom. The monoisotopic (exact) mass is 483 g/mol. The highest BCUT2D eigenvalue weighted by molar-refractivity contribution is 7.90. The molecule has 174 valence electrons. The van der Waals surface area contributed by atoms with Crippen LogP contribution in [0.4, 0.5) is 13.2 Å². The minimum Gasteiger partial charge on any atom is -0.484 e. The summed E-state index contributed by atoms with van der Waals surface area (Å²) in [4.78, 5) is 0.224. The lowest BCUT2D eigenvalue weighted by Crippen LogP contribution is -2.38. The second-order valence-electron chi connectivity index (χ2n) is 8.47. The maximum absolute atomic E-state index is 14.4. The topological polar surface area (TPSA) is 69.4 Å². The molecule has 1 aliphatic heterocycles. The van der Waals surface area contributed by atoms with Crippen molar-refractivity contribution in [3.63, 3.8) is 0 Å². The number of ether oxygens (including phenoxy) is 1. The highest BCUT2D eigenvalue weighted by atomic mass is 32.2. The molecule has 0 aliphatic carbocycles. The zero-order chi connectivity index (χ0) is 24.2. The highest BCUT2D eigenvalue weighted by Gasteiger charge is 2.32. The van der Waals surface area contributed by atoms with Crippen LogP contribution in [0.25, 0.3) is 21.9 Å². The number of sulfone groups is 1. The van der Waals surface area contributed by atoms with E-state index in [0.29, 0.717) is 18.2 Å². The van der Waals surface area contributed by atoms with E-state index < -0.39 is 39.4 Å². The zero-order valence-electron chi connectivity index (χ0n) is 18.1. The van der Waals surface area contributed by atoms with Crippen LogP contribution in [0, 0.1) is 17.5 Å². The molecular weight excluding hydrogens is 463 g/mol. The number of nitrogens with two attached hydrogens (primary N) is 1. The summed E-state index contributed by atoms with van der Waals surface area (Å²) in [5.74, 6) is -2.89. The van der Waals surface area contributed by atoms with Crippen LogP contribution in [-0.4, -0.2) is 20.7 Å². The normalized spacial score (nSPS) is 17.9. The van der Waals surface area contributed by atoms with E-state index in [1.807, 2.05) is 30.3 Å². The lowest BCUT2D eigenvalue weighted by atomic mass is 9.89. The van der Waals surface area contributed by atoms with E-state index >= 15 is 0 Å². The van der Waals surface area contributed by atoms with Crippen molar-refractivity contribution in [1.29, 1.82) is 0 Å². The van der Waals surface area contributed by atoms with Gasteiger partial charge in [0.05, 0.1) is 10.9 Å². The first-order valence-electron chi connectivity index (χ1n) is 10.5. The number of rotatable bonds is 3. The molecule has 1 heterocycles. The first-order chi connectivity index (χ1) is 16.1. The lowest BCUT2D eigenvalue weighted by Gasteiger charge is -2.32. The van der Waals surface area contributed by atoms with Crippen molar-refractivity contribution in [3.05, 3.63) is 95.3 Å². The number of halogens is 3. The fourth-order valence-electron chi connectivity index (χ4n) is 4.39. The second-order valence-corrected chi connectivity index (χ2v) is 10.5. The lowest BCUT2D eigenvalue weighted by molar-refractivity contribution is 0.149. The van der Waals surface area contributed by atoms with Gasteiger partial charge in [-0.05, 0) is 58.7 Å². The van der Waals surface area contributed by atoms with Crippen LogP contribution in [0.1, 0.15) is 17.2 Å². The standard InChI is InChI=1S/C26H20F3NO3S/c1-34(31,32)17-4-2-3-15(9-17)16-6-5-14-7-8-25-19(18(14)10-16)12-24(30)26(33-25)20-11-22(28)23(29)13-21(20)27/h2-11,13,24,26H,12,30H2,1H3/t24-,26+/m0/s1. The van der Waals surface area contributed by atoms with Gasteiger partial charge in [-0.1, -0.05) is 30.3 Å². The summed E-state index contributed by atoms with van der Waals surface area (Å²) in [6.07, 6.45) is 0.505. The molecule has 0 bridgehead atoms. The number of hydrogen-bond acceptors (Lipinski definition) is 4. The number of hydrogen-bond donors (Lipinski definition) is 1. The van der Waals surface area contributed by atoms with Crippen molar-refractivity contribution < 1.29 is 26.3 Å². The molecule has 34 heavy (non-hydrogen) atoms. The van der Waals surface area contributed by atoms with Crippen LogP contribution in [0.15, 0.2) is 71.6 Å². The molecule has 0 saturated carbocycles. The molecule has 0 amide bonds. The van der Waals surface area contributed by atoms with Gasteiger partial charge in [0.25, 0.3) is 0 Å². The van der Waals surface area contributed by atoms with Gasteiger partial charge in [0.1, 0.15) is 17.7 Å². The Bertz CT molecular complexity index is 1550. The molecule has 4 nitrogen and oxygen atoms in total. The predicted molar refractivity (Wildman–Crippen MR) is 124 cm³/mol. The van der Waals surface area contributed by atoms with Gasteiger partial charge in [0.2, 0.25) is 0 Å². The third-order valence-electron chi connectivity index (χ3n) is 6.11. The van der Waals surface area contributed by atoms with E-state index in [0.717, 1.165) is 39.8 Å². The predicted octanol–water partition coefficient (Wildman–Crippen LogP) is 5.33. The molecule has 0 spiro atoms. The van der Waals surface area contributed by atoms with Crippen molar-refractivity contribution in [2.45, 2.75) is 23.5 Å². The molecule has 2 atom stereocenters. The average Bonchev–Trinajstić information content (AvgIpc) is 2.80. The van der Waals surface area contributed by atoms with E-state index in [1.165, 1.54) is 0 Å². The molecule has 0 unspecified atom stereocenters. The molecule has 0 radical (unpaired) electrons. The Kier molecular flexibility index (Phi) is 5.37.